The van der Waals surface area contributed by atoms with Crippen molar-refractivity contribution in [3.05, 3.63) is 11.4 Å². The normalized spacial score (nSPS) is 12.0. The molecule has 0 aliphatic carbocycles. The standard InChI is InChI=1S/C9H17N3O/c1-7-8(12-13-11-7)5-6-10-9(2,3)4/h10H,5-6H2,1-4H3. The van der Waals surface area contributed by atoms with Gasteiger partial charge in [0.1, 0.15) is 11.4 Å². The summed E-state index contributed by atoms with van der Waals surface area (Å²) in [5.74, 6) is 0. The van der Waals surface area contributed by atoms with E-state index in [0.29, 0.717) is 0 Å². The molecule has 0 unspecified atom stereocenters. The minimum absolute atomic E-state index is 0.158. The van der Waals surface area contributed by atoms with Gasteiger partial charge in [0.15, 0.2) is 0 Å². The maximum atomic E-state index is 4.60. The van der Waals surface area contributed by atoms with Gasteiger partial charge in [0, 0.05) is 18.5 Å². The summed E-state index contributed by atoms with van der Waals surface area (Å²) in [6.45, 7) is 9.23. The summed E-state index contributed by atoms with van der Waals surface area (Å²) in [6.07, 6.45) is 0.868. The first-order valence-corrected chi connectivity index (χ1v) is 4.52. The van der Waals surface area contributed by atoms with Crippen LogP contribution in [0.2, 0.25) is 0 Å². The van der Waals surface area contributed by atoms with Gasteiger partial charge < -0.3 is 5.32 Å². The van der Waals surface area contributed by atoms with Crippen LogP contribution in [-0.2, 0) is 6.42 Å². The molecule has 4 nitrogen and oxygen atoms in total. The van der Waals surface area contributed by atoms with Crippen LogP contribution >= 0.6 is 0 Å². The molecule has 4 heteroatoms. The van der Waals surface area contributed by atoms with Crippen molar-refractivity contribution in [2.45, 2.75) is 39.7 Å². The third-order valence-electron chi connectivity index (χ3n) is 1.76. The molecule has 0 aliphatic rings. The molecule has 1 aromatic rings. The topological polar surface area (TPSA) is 51.0 Å². The van der Waals surface area contributed by atoms with E-state index in [2.05, 4.69) is 41.0 Å². The number of nitrogens with zero attached hydrogens (tertiary/aromatic N) is 2. The second-order valence-corrected chi connectivity index (χ2v) is 4.22. The average molecular weight is 183 g/mol. The fourth-order valence-corrected chi connectivity index (χ4v) is 1.03. The van der Waals surface area contributed by atoms with Gasteiger partial charge in [-0.2, -0.15) is 0 Å². The molecule has 0 aliphatic heterocycles. The zero-order valence-electron chi connectivity index (χ0n) is 8.72. The summed E-state index contributed by atoms with van der Waals surface area (Å²) < 4.78 is 4.60. The summed E-state index contributed by atoms with van der Waals surface area (Å²) in [5, 5.41) is 10.9. The van der Waals surface area contributed by atoms with Crippen LogP contribution in [0.5, 0.6) is 0 Å². The van der Waals surface area contributed by atoms with Gasteiger partial charge in [-0.1, -0.05) is 10.3 Å². The fraction of sp³-hybridized carbons (Fsp3) is 0.778. The van der Waals surface area contributed by atoms with Crippen LogP contribution in [0.3, 0.4) is 0 Å². The summed E-state index contributed by atoms with van der Waals surface area (Å²) >= 11 is 0. The predicted octanol–water partition coefficient (Wildman–Crippen LogP) is 1.31. The van der Waals surface area contributed by atoms with Gasteiger partial charge in [-0.05, 0) is 27.7 Å². The highest BCUT2D eigenvalue weighted by Gasteiger charge is 2.09. The molecule has 0 atom stereocenters. The van der Waals surface area contributed by atoms with Gasteiger partial charge in [-0.15, -0.1) is 0 Å². The Morgan fingerprint density at radius 1 is 1.31 bits per heavy atom. The van der Waals surface area contributed by atoms with Crippen molar-refractivity contribution in [2.75, 3.05) is 6.54 Å². The van der Waals surface area contributed by atoms with E-state index in [1.54, 1.807) is 0 Å². The van der Waals surface area contributed by atoms with E-state index in [4.69, 9.17) is 0 Å². The first-order valence-electron chi connectivity index (χ1n) is 4.52. The van der Waals surface area contributed by atoms with Crippen LogP contribution in [0.1, 0.15) is 32.2 Å². The minimum Gasteiger partial charge on any atom is -0.312 e. The molecule has 0 aromatic carbocycles. The Labute approximate surface area is 78.7 Å². The first-order chi connectivity index (χ1) is 5.99. The van der Waals surface area contributed by atoms with Crippen LogP contribution in [-0.4, -0.2) is 22.4 Å². The van der Waals surface area contributed by atoms with Gasteiger partial charge >= 0.3 is 0 Å². The Balaban J connectivity index is 2.32. The van der Waals surface area contributed by atoms with Crippen molar-refractivity contribution >= 4 is 0 Å². The van der Waals surface area contributed by atoms with E-state index < -0.39 is 0 Å². The van der Waals surface area contributed by atoms with Crippen LogP contribution in [0, 0.1) is 6.92 Å². The highest BCUT2D eigenvalue weighted by molar-refractivity contribution is 5.04. The summed E-state index contributed by atoms with van der Waals surface area (Å²) in [4.78, 5) is 0. The SMILES string of the molecule is Cc1nonc1CCNC(C)(C)C. The minimum atomic E-state index is 0.158. The Morgan fingerprint density at radius 3 is 2.46 bits per heavy atom. The Bertz CT molecular complexity index is 262. The zero-order valence-corrected chi connectivity index (χ0v) is 8.72. The smallest absolute Gasteiger partial charge is 0.109 e. The number of hydrogen-bond donors (Lipinski definition) is 1. The number of aromatic nitrogens is 2. The quantitative estimate of drug-likeness (QED) is 0.767. The molecule has 1 heterocycles. The number of hydrogen-bond acceptors (Lipinski definition) is 4. The summed E-state index contributed by atoms with van der Waals surface area (Å²) in [6, 6.07) is 0. The predicted molar refractivity (Wildman–Crippen MR) is 50.5 cm³/mol. The highest BCUT2D eigenvalue weighted by Crippen LogP contribution is 2.02. The Kier molecular flexibility index (Phi) is 3.03. The summed E-state index contributed by atoms with van der Waals surface area (Å²) in [7, 11) is 0. The zero-order chi connectivity index (χ0) is 9.90. The summed E-state index contributed by atoms with van der Waals surface area (Å²) in [5.41, 5.74) is 1.98. The molecule has 0 fully saturated rings. The number of nitrogens with one attached hydrogen (secondary N) is 1. The monoisotopic (exact) mass is 183 g/mol. The van der Waals surface area contributed by atoms with E-state index in [-0.39, 0.29) is 5.54 Å². The Hall–Kier alpha value is -0.900. The molecule has 13 heavy (non-hydrogen) atoms. The first kappa shape index (κ1) is 10.2. The molecule has 74 valence electrons. The van der Waals surface area contributed by atoms with Crippen molar-refractivity contribution in [1.29, 1.82) is 0 Å². The van der Waals surface area contributed by atoms with Crippen molar-refractivity contribution in [2.24, 2.45) is 0 Å². The van der Waals surface area contributed by atoms with E-state index in [1.165, 1.54) is 0 Å². The lowest BCUT2D eigenvalue weighted by atomic mass is 10.1. The molecular weight excluding hydrogens is 166 g/mol. The number of aryl methyl sites for hydroxylation is 1. The van der Waals surface area contributed by atoms with Gasteiger partial charge in [0.2, 0.25) is 0 Å². The van der Waals surface area contributed by atoms with Crippen LogP contribution in [0.4, 0.5) is 0 Å². The molecule has 0 amide bonds. The van der Waals surface area contributed by atoms with Crippen LogP contribution < -0.4 is 5.32 Å². The molecule has 1 N–H and O–H groups in total. The second kappa shape index (κ2) is 3.87. The van der Waals surface area contributed by atoms with Crippen LogP contribution in [0.25, 0.3) is 0 Å². The average Bonchev–Trinajstić information content (AvgIpc) is 2.34. The van der Waals surface area contributed by atoms with Crippen molar-refractivity contribution in [3.8, 4) is 0 Å². The van der Waals surface area contributed by atoms with Crippen LogP contribution in [0.15, 0.2) is 4.63 Å². The fourth-order valence-electron chi connectivity index (χ4n) is 1.03. The van der Waals surface area contributed by atoms with E-state index in [9.17, 15) is 0 Å². The maximum Gasteiger partial charge on any atom is 0.109 e. The highest BCUT2D eigenvalue weighted by atomic mass is 16.6. The molecule has 0 saturated heterocycles. The van der Waals surface area contributed by atoms with Gasteiger partial charge in [0.05, 0.1) is 0 Å². The lowest BCUT2D eigenvalue weighted by molar-refractivity contribution is 0.300. The van der Waals surface area contributed by atoms with Crippen molar-refractivity contribution < 1.29 is 4.63 Å². The molecule has 0 spiro atoms. The molecule has 1 rings (SSSR count). The number of rotatable bonds is 3. The maximum absolute atomic E-state index is 4.60. The van der Waals surface area contributed by atoms with Gasteiger partial charge in [0.25, 0.3) is 0 Å². The van der Waals surface area contributed by atoms with Crippen molar-refractivity contribution in [3.63, 3.8) is 0 Å². The van der Waals surface area contributed by atoms with Gasteiger partial charge in [-0.3, -0.25) is 0 Å². The molecule has 0 bridgehead atoms. The molecule has 0 saturated carbocycles. The van der Waals surface area contributed by atoms with E-state index in [0.717, 1.165) is 24.4 Å². The molecule has 0 radical (unpaired) electrons. The van der Waals surface area contributed by atoms with E-state index in [1.807, 2.05) is 6.92 Å². The Morgan fingerprint density at radius 2 is 2.00 bits per heavy atom. The van der Waals surface area contributed by atoms with Crippen molar-refractivity contribution in [1.82, 2.24) is 15.6 Å². The lowest BCUT2D eigenvalue weighted by Crippen LogP contribution is -2.37. The largest absolute Gasteiger partial charge is 0.312 e. The second-order valence-electron chi connectivity index (χ2n) is 4.22. The van der Waals surface area contributed by atoms with Gasteiger partial charge in [-0.25, -0.2) is 4.63 Å². The molecule has 1 aromatic heterocycles. The molecular formula is C9H17N3O. The third kappa shape index (κ3) is 3.55. The van der Waals surface area contributed by atoms with E-state index >= 15 is 0 Å². The third-order valence-corrected chi connectivity index (χ3v) is 1.76. The lowest BCUT2D eigenvalue weighted by Gasteiger charge is -2.19.